The van der Waals surface area contributed by atoms with Gasteiger partial charge in [-0.25, -0.2) is 9.37 Å². The first kappa shape index (κ1) is 18.6. The Balaban J connectivity index is 1.79. The molecule has 1 N–H and O–H groups in total. The van der Waals surface area contributed by atoms with Crippen molar-refractivity contribution in [1.82, 2.24) is 15.2 Å². The second-order valence-corrected chi connectivity index (χ2v) is 7.44. The minimum Gasteiger partial charge on any atom is -0.358 e. The van der Waals surface area contributed by atoms with Crippen molar-refractivity contribution >= 4 is 16.8 Å². The smallest absolute Gasteiger partial charge is 0.237 e. The van der Waals surface area contributed by atoms with Crippen molar-refractivity contribution in [3.8, 4) is 11.3 Å². The Morgan fingerprint density at radius 1 is 1.21 bits per heavy atom. The molecule has 144 valence electrons. The molecule has 0 unspecified atom stereocenters. The summed E-state index contributed by atoms with van der Waals surface area (Å²) in [6, 6.07) is 14.7. The molecule has 1 atom stereocenters. The molecule has 0 saturated carbocycles. The molecule has 0 spiro atoms. The first-order chi connectivity index (χ1) is 13.5. The summed E-state index contributed by atoms with van der Waals surface area (Å²) in [5.41, 5.74) is 4.88. The van der Waals surface area contributed by atoms with Crippen LogP contribution in [0.3, 0.4) is 0 Å². The second-order valence-electron chi connectivity index (χ2n) is 7.44. The highest BCUT2D eigenvalue weighted by Crippen LogP contribution is 2.30. The van der Waals surface area contributed by atoms with E-state index in [0.29, 0.717) is 6.54 Å². The quantitative estimate of drug-likeness (QED) is 0.746. The Kier molecular flexibility index (Phi) is 5.09. The Hall–Kier alpha value is -2.79. The summed E-state index contributed by atoms with van der Waals surface area (Å²) in [5.74, 6) is -0.202. The number of likely N-dealkylation sites (N-methyl/N-ethyl adjacent to an activating group) is 1. The molecule has 1 amide bonds. The van der Waals surface area contributed by atoms with Crippen LogP contribution >= 0.6 is 0 Å². The van der Waals surface area contributed by atoms with Gasteiger partial charge >= 0.3 is 0 Å². The number of nitrogens with one attached hydrogen (secondary N) is 1. The van der Waals surface area contributed by atoms with Gasteiger partial charge in [0.05, 0.1) is 17.3 Å². The summed E-state index contributed by atoms with van der Waals surface area (Å²) >= 11 is 0. The fourth-order valence-electron chi connectivity index (χ4n) is 4.02. The van der Waals surface area contributed by atoms with Crippen LogP contribution in [0.15, 0.2) is 48.5 Å². The highest BCUT2D eigenvalue weighted by atomic mass is 19.1. The van der Waals surface area contributed by atoms with Crippen LogP contribution in [0.2, 0.25) is 0 Å². The Bertz CT molecular complexity index is 1020. The van der Waals surface area contributed by atoms with E-state index in [1.807, 2.05) is 12.1 Å². The molecular formula is C23H24FN3O. The monoisotopic (exact) mass is 377 g/mol. The molecule has 4 nitrogen and oxygen atoms in total. The number of pyridine rings is 1. The minimum absolute atomic E-state index is 0.0606. The maximum Gasteiger partial charge on any atom is 0.237 e. The summed E-state index contributed by atoms with van der Waals surface area (Å²) in [6.07, 6.45) is 1.87. The molecular weight excluding hydrogens is 353 g/mol. The first-order valence-electron chi connectivity index (χ1n) is 9.67. The number of benzene rings is 2. The summed E-state index contributed by atoms with van der Waals surface area (Å²) in [5, 5.41) is 3.85. The van der Waals surface area contributed by atoms with E-state index < -0.39 is 0 Å². The van der Waals surface area contributed by atoms with Crippen LogP contribution in [0.4, 0.5) is 4.39 Å². The largest absolute Gasteiger partial charge is 0.358 e. The molecule has 1 saturated heterocycles. The van der Waals surface area contributed by atoms with Crippen molar-refractivity contribution in [3.63, 3.8) is 0 Å². The van der Waals surface area contributed by atoms with Crippen LogP contribution in [0.25, 0.3) is 22.2 Å². The van der Waals surface area contributed by atoms with Gasteiger partial charge in [0.1, 0.15) is 5.82 Å². The molecule has 1 fully saturated rings. The van der Waals surface area contributed by atoms with E-state index in [2.05, 4.69) is 29.3 Å². The summed E-state index contributed by atoms with van der Waals surface area (Å²) < 4.78 is 13.4. The van der Waals surface area contributed by atoms with E-state index in [9.17, 15) is 9.18 Å². The third kappa shape index (κ3) is 3.62. The molecule has 1 aliphatic heterocycles. The standard InChI is InChI=1S/C23H24FN3O/c1-15-5-10-20-17(12-15)13-18(14-27-11-3-4-21(27)23(28)25-2)22(26-20)16-6-8-19(24)9-7-16/h5-10,12-13,21H,3-4,11,14H2,1-2H3,(H,25,28)/t21-/m1/s1. The van der Waals surface area contributed by atoms with Gasteiger partial charge in [-0.15, -0.1) is 0 Å². The van der Waals surface area contributed by atoms with Crippen LogP contribution in [0.1, 0.15) is 24.0 Å². The molecule has 5 heteroatoms. The van der Waals surface area contributed by atoms with Crippen molar-refractivity contribution in [2.24, 2.45) is 0 Å². The van der Waals surface area contributed by atoms with Crippen LogP contribution in [-0.2, 0) is 11.3 Å². The molecule has 28 heavy (non-hydrogen) atoms. The fourth-order valence-corrected chi connectivity index (χ4v) is 4.02. The van der Waals surface area contributed by atoms with Crippen molar-refractivity contribution < 1.29 is 9.18 Å². The maximum atomic E-state index is 13.4. The number of nitrogens with zero attached hydrogens (tertiary/aromatic N) is 2. The lowest BCUT2D eigenvalue weighted by Gasteiger charge is -2.24. The van der Waals surface area contributed by atoms with E-state index in [-0.39, 0.29) is 17.8 Å². The van der Waals surface area contributed by atoms with E-state index in [1.165, 1.54) is 17.7 Å². The fraction of sp³-hybridized carbons (Fsp3) is 0.304. The number of aryl methyl sites for hydroxylation is 1. The van der Waals surface area contributed by atoms with Gasteiger partial charge < -0.3 is 5.32 Å². The van der Waals surface area contributed by atoms with Gasteiger partial charge in [-0.3, -0.25) is 9.69 Å². The first-order valence-corrected chi connectivity index (χ1v) is 9.67. The summed E-state index contributed by atoms with van der Waals surface area (Å²) in [6.45, 7) is 3.59. The SMILES string of the molecule is CNC(=O)[C@H]1CCCN1Cc1cc2cc(C)ccc2nc1-c1ccc(F)cc1. The Labute approximate surface area is 164 Å². The number of hydrogen-bond acceptors (Lipinski definition) is 3. The van der Waals surface area contributed by atoms with E-state index in [1.54, 1.807) is 19.2 Å². The van der Waals surface area contributed by atoms with Gasteiger partial charge in [-0.05, 0) is 74.3 Å². The average Bonchev–Trinajstić information content (AvgIpc) is 3.15. The van der Waals surface area contributed by atoms with Crippen molar-refractivity contribution in [3.05, 3.63) is 65.5 Å². The molecule has 4 rings (SSSR count). The van der Waals surface area contributed by atoms with Crippen molar-refractivity contribution in [2.75, 3.05) is 13.6 Å². The molecule has 2 aromatic carbocycles. The average molecular weight is 377 g/mol. The van der Waals surface area contributed by atoms with E-state index >= 15 is 0 Å². The number of likely N-dealkylation sites (tertiary alicyclic amines) is 1. The van der Waals surface area contributed by atoms with E-state index in [4.69, 9.17) is 4.98 Å². The third-order valence-corrected chi connectivity index (χ3v) is 5.45. The zero-order chi connectivity index (χ0) is 19.7. The molecule has 0 aliphatic carbocycles. The Morgan fingerprint density at radius 2 is 2.00 bits per heavy atom. The van der Waals surface area contributed by atoms with Gasteiger partial charge in [0, 0.05) is 24.5 Å². The van der Waals surface area contributed by atoms with Crippen LogP contribution in [0, 0.1) is 12.7 Å². The zero-order valence-corrected chi connectivity index (χ0v) is 16.2. The number of fused-ring (bicyclic) bond motifs is 1. The summed E-state index contributed by atoms with van der Waals surface area (Å²) in [4.78, 5) is 19.4. The molecule has 2 heterocycles. The maximum absolute atomic E-state index is 13.4. The van der Waals surface area contributed by atoms with Crippen molar-refractivity contribution in [1.29, 1.82) is 0 Å². The predicted octanol–water partition coefficient (Wildman–Crippen LogP) is 4.06. The molecule has 0 bridgehead atoms. The number of carbonyl (C=O) groups excluding carboxylic acids is 1. The lowest BCUT2D eigenvalue weighted by Crippen LogP contribution is -2.41. The van der Waals surface area contributed by atoms with Crippen LogP contribution < -0.4 is 5.32 Å². The highest BCUT2D eigenvalue weighted by molar-refractivity contribution is 5.84. The predicted molar refractivity (Wildman–Crippen MR) is 109 cm³/mol. The molecule has 0 radical (unpaired) electrons. The topological polar surface area (TPSA) is 45.2 Å². The Morgan fingerprint density at radius 3 is 2.75 bits per heavy atom. The lowest BCUT2D eigenvalue weighted by molar-refractivity contribution is -0.125. The number of rotatable bonds is 4. The third-order valence-electron chi connectivity index (χ3n) is 5.45. The van der Waals surface area contributed by atoms with Crippen LogP contribution in [0.5, 0.6) is 0 Å². The van der Waals surface area contributed by atoms with Gasteiger partial charge in [0.2, 0.25) is 5.91 Å². The van der Waals surface area contributed by atoms with Gasteiger partial charge in [0.15, 0.2) is 0 Å². The normalized spacial score (nSPS) is 17.2. The van der Waals surface area contributed by atoms with Gasteiger partial charge in [0.25, 0.3) is 0 Å². The number of carbonyl (C=O) groups is 1. The highest BCUT2D eigenvalue weighted by Gasteiger charge is 2.30. The zero-order valence-electron chi connectivity index (χ0n) is 16.2. The molecule has 1 aliphatic rings. The van der Waals surface area contributed by atoms with Crippen LogP contribution in [-0.4, -0.2) is 35.4 Å². The number of amides is 1. The lowest BCUT2D eigenvalue weighted by atomic mass is 10.0. The minimum atomic E-state index is -0.263. The van der Waals surface area contributed by atoms with Gasteiger partial charge in [-0.2, -0.15) is 0 Å². The second kappa shape index (κ2) is 7.68. The van der Waals surface area contributed by atoms with Crippen molar-refractivity contribution in [2.45, 2.75) is 32.4 Å². The summed E-state index contributed by atoms with van der Waals surface area (Å²) in [7, 11) is 1.68. The van der Waals surface area contributed by atoms with E-state index in [0.717, 1.165) is 47.1 Å². The molecule has 1 aromatic heterocycles. The number of halogens is 1. The molecule has 3 aromatic rings. The van der Waals surface area contributed by atoms with Gasteiger partial charge in [-0.1, -0.05) is 11.6 Å². The number of aromatic nitrogens is 1. The number of hydrogen-bond donors (Lipinski definition) is 1.